The van der Waals surface area contributed by atoms with Gasteiger partial charge in [0.1, 0.15) is 5.58 Å². The Morgan fingerprint density at radius 3 is 2.76 bits per heavy atom. The van der Waals surface area contributed by atoms with Crippen LogP contribution in [0.5, 0.6) is 0 Å². The van der Waals surface area contributed by atoms with Gasteiger partial charge >= 0.3 is 0 Å². The van der Waals surface area contributed by atoms with Crippen molar-refractivity contribution in [1.29, 1.82) is 0 Å². The van der Waals surface area contributed by atoms with Gasteiger partial charge in [0.15, 0.2) is 5.76 Å². The van der Waals surface area contributed by atoms with Crippen molar-refractivity contribution in [3.63, 3.8) is 0 Å². The van der Waals surface area contributed by atoms with Crippen LogP contribution in [0.15, 0.2) is 28.7 Å². The van der Waals surface area contributed by atoms with Crippen molar-refractivity contribution in [3.8, 4) is 0 Å². The lowest BCUT2D eigenvalue weighted by atomic mass is 10.1. The number of hydrogen-bond donors (Lipinski definition) is 1. The van der Waals surface area contributed by atoms with Crippen LogP contribution in [0.3, 0.4) is 0 Å². The van der Waals surface area contributed by atoms with E-state index in [1.54, 1.807) is 7.05 Å². The van der Waals surface area contributed by atoms with E-state index < -0.39 is 0 Å². The molecular weight excluding hydrogens is 218 g/mol. The van der Waals surface area contributed by atoms with Crippen LogP contribution < -0.4 is 0 Å². The number of aryl methyl sites for hydroxylation is 1. The van der Waals surface area contributed by atoms with E-state index in [0.717, 1.165) is 10.9 Å². The number of furan rings is 1. The second kappa shape index (κ2) is 4.59. The number of carbonyl (C=O) groups excluding carboxylic acids is 1. The Bertz CT molecular complexity index is 545. The predicted octanol–water partition coefficient (Wildman–Crippen LogP) is 1.81. The number of fused-ring (bicyclic) bond motifs is 1. The first-order valence-electron chi connectivity index (χ1n) is 5.49. The van der Waals surface area contributed by atoms with Crippen molar-refractivity contribution in [1.82, 2.24) is 4.90 Å². The molecule has 0 atom stereocenters. The minimum Gasteiger partial charge on any atom is -0.451 e. The van der Waals surface area contributed by atoms with Gasteiger partial charge in [-0.3, -0.25) is 4.79 Å². The molecule has 4 nitrogen and oxygen atoms in total. The number of para-hydroxylation sites is 1. The van der Waals surface area contributed by atoms with Crippen LogP contribution in [0, 0.1) is 6.92 Å². The van der Waals surface area contributed by atoms with E-state index in [-0.39, 0.29) is 12.5 Å². The third-order valence-electron chi connectivity index (χ3n) is 2.82. The van der Waals surface area contributed by atoms with E-state index in [1.807, 2.05) is 31.2 Å². The number of carbonyl (C=O) groups is 1. The Morgan fingerprint density at radius 2 is 2.12 bits per heavy atom. The lowest BCUT2D eigenvalue weighted by molar-refractivity contribution is 0.0737. The maximum Gasteiger partial charge on any atom is 0.289 e. The van der Waals surface area contributed by atoms with Crippen LogP contribution >= 0.6 is 0 Å². The maximum atomic E-state index is 12.0. The summed E-state index contributed by atoms with van der Waals surface area (Å²) in [5.41, 5.74) is 1.56. The predicted molar refractivity (Wildman–Crippen MR) is 65.0 cm³/mol. The average molecular weight is 233 g/mol. The number of amides is 1. The van der Waals surface area contributed by atoms with Gasteiger partial charge in [-0.1, -0.05) is 18.2 Å². The maximum absolute atomic E-state index is 12.0. The van der Waals surface area contributed by atoms with E-state index in [4.69, 9.17) is 9.52 Å². The first-order valence-corrected chi connectivity index (χ1v) is 5.49. The molecule has 1 aromatic heterocycles. The molecule has 1 aromatic carbocycles. The van der Waals surface area contributed by atoms with Crippen LogP contribution in [-0.2, 0) is 0 Å². The molecule has 4 heteroatoms. The van der Waals surface area contributed by atoms with Crippen molar-refractivity contribution in [2.45, 2.75) is 6.92 Å². The van der Waals surface area contributed by atoms with Crippen molar-refractivity contribution >= 4 is 16.9 Å². The summed E-state index contributed by atoms with van der Waals surface area (Å²) in [6.45, 7) is 2.11. The number of benzene rings is 1. The van der Waals surface area contributed by atoms with Gasteiger partial charge < -0.3 is 14.4 Å². The zero-order chi connectivity index (χ0) is 12.4. The average Bonchev–Trinajstić information content (AvgIpc) is 2.67. The van der Waals surface area contributed by atoms with Crippen molar-refractivity contribution in [2.75, 3.05) is 20.2 Å². The van der Waals surface area contributed by atoms with Crippen LogP contribution in [0.25, 0.3) is 11.0 Å². The summed E-state index contributed by atoms with van der Waals surface area (Å²) in [5.74, 6) is 0.148. The van der Waals surface area contributed by atoms with Gasteiger partial charge in [0.05, 0.1) is 6.61 Å². The minimum absolute atomic E-state index is 0.0541. The molecular formula is C13H15NO3. The summed E-state index contributed by atoms with van der Waals surface area (Å²) in [5, 5.41) is 9.77. The number of rotatable bonds is 3. The summed E-state index contributed by atoms with van der Waals surface area (Å²) in [6.07, 6.45) is 0. The largest absolute Gasteiger partial charge is 0.451 e. The van der Waals surface area contributed by atoms with Gasteiger partial charge in [0.2, 0.25) is 0 Å². The van der Waals surface area contributed by atoms with E-state index in [9.17, 15) is 4.79 Å². The van der Waals surface area contributed by atoms with E-state index >= 15 is 0 Å². The van der Waals surface area contributed by atoms with Gasteiger partial charge in [-0.25, -0.2) is 0 Å². The summed E-state index contributed by atoms with van der Waals surface area (Å²) >= 11 is 0. The molecule has 0 saturated heterocycles. The SMILES string of the molecule is Cc1c(C(=O)N(C)CCO)oc2ccccc12. The Labute approximate surface area is 99.4 Å². The molecule has 2 aromatic rings. The molecule has 90 valence electrons. The van der Waals surface area contributed by atoms with Crippen LogP contribution in [0.4, 0.5) is 0 Å². The molecule has 2 rings (SSSR count). The van der Waals surface area contributed by atoms with Gasteiger partial charge in [-0.2, -0.15) is 0 Å². The number of aliphatic hydroxyl groups excluding tert-OH is 1. The normalized spacial score (nSPS) is 10.8. The highest BCUT2D eigenvalue weighted by molar-refractivity contribution is 5.98. The van der Waals surface area contributed by atoms with Crippen LogP contribution in [0.1, 0.15) is 16.1 Å². The lowest BCUT2D eigenvalue weighted by Gasteiger charge is -2.13. The van der Waals surface area contributed by atoms with Crippen LogP contribution in [0.2, 0.25) is 0 Å². The van der Waals surface area contributed by atoms with Gasteiger partial charge in [0, 0.05) is 24.5 Å². The highest BCUT2D eigenvalue weighted by atomic mass is 16.3. The third kappa shape index (κ3) is 2.03. The monoisotopic (exact) mass is 233 g/mol. The third-order valence-corrected chi connectivity index (χ3v) is 2.82. The highest BCUT2D eigenvalue weighted by Gasteiger charge is 2.20. The van der Waals surface area contributed by atoms with E-state index in [1.165, 1.54) is 4.90 Å². The van der Waals surface area contributed by atoms with E-state index in [0.29, 0.717) is 17.9 Å². The molecule has 0 bridgehead atoms. The molecule has 0 radical (unpaired) electrons. The van der Waals surface area contributed by atoms with Gasteiger partial charge in [-0.05, 0) is 13.0 Å². The zero-order valence-corrected chi connectivity index (χ0v) is 9.93. The molecule has 0 aliphatic heterocycles. The molecule has 0 aliphatic rings. The van der Waals surface area contributed by atoms with Crippen molar-refractivity contribution in [3.05, 3.63) is 35.6 Å². The van der Waals surface area contributed by atoms with Gasteiger partial charge in [0.25, 0.3) is 5.91 Å². The fourth-order valence-corrected chi connectivity index (χ4v) is 1.80. The molecule has 1 heterocycles. The summed E-state index contributed by atoms with van der Waals surface area (Å²) in [7, 11) is 1.64. The Kier molecular flexibility index (Phi) is 3.15. The van der Waals surface area contributed by atoms with Gasteiger partial charge in [-0.15, -0.1) is 0 Å². The standard InChI is InChI=1S/C13H15NO3/c1-9-10-5-3-4-6-11(10)17-12(9)13(16)14(2)7-8-15/h3-6,15H,7-8H2,1-2H3. The summed E-state index contributed by atoms with van der Waals surface area (Å²) < 4.78 is 5.56. The van der Waals surface area contributed by atoms with Crippen molar-refractivity contribution < 1.29 is 14.3 Å². The molecule has 1 amide bonds. The molecule has 0 fully saturated rings. The Hall–Kier alpha value is -1.81. The first kappa shape index (κ1) is 11.7. The fraction of sp³-hybridized carbons (Fsp3) is 0.308. The smallest absolute Gasteiger partial charge is 0.289 e. The lowest BCUT2D eigenvalue weighted by Crippen LogP contribution is -2.29. The second-order valence-electron chi connectivity index (χ2n) is 4.00. The highest BCUT2D eigenvalue weighted by Crippen LogP contribution is 2.25. The fourth-order valence-electron chi connectivity index (χ4n) is 1.80. The number of hydrogen-bond acceptors (Lipinski definition) is 3. The molecule has 1 N–H and O–H groups in total. The zero-order valence-electron chi connectivity index (χ0n) is 9.93. The van der Waals surface area contributed by atoms with E-state index in [2.05, 4.69) is 0 Å². The quantitative estimate of drug-likeness (QED) is 0.879. The molecule has 0 aliphatic carbocycles. The minimum atomic E-state index is -0.201. The number of likely N-dealkylation sites (N-methyl/N-ethyl adjacent to an activating group) is 1. The molecule has 0 saturated carbocycles. The topological polar surface area (TPSA) is 53.7 Å². The molecule has 0 unspecified atom stereocenters. The number of aliphatic hydroxyl groups is 1. The van der Waals surface area contributed by atoms with Crippen LogP contribution in [-0.4, -0.2) is 36.1 Å². The Balaban J connectivity index is 2.42. The second-order valence-corrected chi connectivity index (χ2v) is 4.00. The summed E-state index contributed by atoms with van der Waals surface area (Å²) in [4.78, 5) is 13.5. The van der Waals surface area contributed by atoms with Crippen molar-refractivity contribution in [2.24, 2.45) is 0 Å². The Morgan fingerprint density at radius 1 is 1.41 bits per heavy atom. The molecule has 17 heavy (non-hydrogen) atoms. The first-order chi connectivity index (χ1) is 8.15. The summed E-state index contributed by atoms with van der Waals surface area (Å²) in [6, 6.07) is 7.55. The molecule has 0 spiro atoms. The number of nitrogens with zero attached hydrogens (tertiary/aromatic N) is 1.